The number of pyridine rings is 1. The summed E-state index contributed by atoms with van der Waals surface area (Å²) in [6.07, 6.45) is 12.7. The Balaban J connectivity index is 0.000000110. The summed E-state index contributed by atoms with van der Waals surface area (Å²) in [6, 6.07) is 26.7. The van der Waals surface area contributed by atoms with E-state index in [0.717, 1.165) is 87.5 Å². The van der Waals surface area contributed by atoms with Crippen molar-refractivity contribution in [1.82, 2.24) is 92.3 Å². The van der Waals surface area contributed by atoms with E-state index in [2.05, 4.69) is 55.3 Å². The van der Waals surface area contributed by atoms with Crippen molar-refractivity contribution in [1.29, 1.82) is 0 Å². The van der Waals surface area contributed by atoms with Gasteiger partial charge >= 0.3 is 12.4 Å². The van der Waals surface area contributed by atoms with E-state index < -0.39 is 150 Å². The van der Waals surface area contributed by atoms with Gasteiger partial charge in [0.1, 0.15) is 56.9 Å². The molecule has 45 heteroatoms. The number of aryl methyl sites for hydroxylation is 2. The predicted molar refractivity (Wildman–Crippen MR) is 455 cm³/mol. The quantitative estimate of drug-likeness (QED) is 0.0916. The van der Waals surface area contributed by atoms with Crippen molar-refractivity contribution in [2.24, 2.45) is 14.1 Å². The van der Waals surface area contributed by atoms with E-state index in [4.69, 9.17) is 0 Å². The highest BCUT2D eigenvalue weighted by atomic mass is 19.4. The van der Waals surface area contributed by atoms with Crippen molar-refractivity contribution >= 4 is 70.2 Å². The molecular weight excluding hydrogens is 1850 g/mol. The highest BCUT2D eigenvalue weighted by Gasteiger charge is 2.66. The molecule has 138 heavy (non-hydrogen) atoms. The van der Waals surface area contributed by atoms with Crippen LogP contribution < -0.4 is 19.6 Å². The summed E-state index contributed by atoms with van der Waals surface area (Å²) >= 11 is 0. The minimum absolute atomic E-state index is 0.0279. The molecule has 16 aromatic rings. The maximum absolute atomic E-state index is 15.4. The third-order valence-electron chi connectivity index (χ3n) is 25.3. The number of aromatic nitrogens is 19. The first-order valence-electron chi connectivity index (χ1n) is 42.2. The van der Waals surface area contributed by atoms with Gasteiger partial charge in [0.2, 0.25) is 23.8 Å². The molecule has 24 rings (SSSR count). The normalized spacial score (nSPS) is 16.3. The minimum Gasteiger partial charge on any atom is -0.294 e. The zero-order valence-corrected chi connectivity index (χ0v) is 71.6. The fourth-order valence-corrected chi connectivity index (χ4v) is 17.9. The molecule has 4 aliphatic carbocycles. The van der Waals surface area contributed by atoms with E-state index in [-0.39, 0.29) is 57.4 Å². The molecule has 4 amide bonds. The first kappa shape index (κ1) is 88.4. The van der Waals surface area contributed by atoms with Crippen LogP contribution in [0.5, 0.6) is 0 Å². The zero-order chi connectivity index (χ0) is 97.1. The standard InChI is InChI=1S/2C25H19F4N5O.C22H13F5N6O.C21H12F5N7O/c1-24(28,29)16-5-3-14(4-6-16)15-11-17(26)21(18(27)12-15)33-22(35)25(8-9-25)34-20(13-30-23(33)34)19-7-10-32(2)31-19;1-24(28,29)17-5-3-14(4-6-17)15-9-18(26)21(19(27)10-15)33-22(35)25(7-8-25)34-20(12-30-23(33)34)16-11-31-32(2)13-16;23-14-7-13(31-11-12(9-30-31)22(25,26)27)8-15(24)18(14)32-19(34)21(4-5-21)33-17(10-29-20(32)33)16-3-1-2-6-28-16;22-13-5-12(31-9-11(7-30-31)21(24,25)26)6-14(23)17(13)32-18(34)20(2-3-20)33-16(8-28-19(32)33)15-1-4-27-10-29-15/h3-7,10-13H,8-9H2,1-2H3;3-6,9-13H,7-8H2,1-2H3;1-3,6-11H,4-5H2;1,4-10H,2-3H2. The Hall–Kier alpha value is -16.2. The Labute approximate surface area is 764 Å². The zero-order valence-electron chi connectivity index (χ0n) is 71.6. The van der Waals surface area contributed by atoms with Crippen molar-refractivity contribution in [2.45, 2.75) is 112 Å². The van der Waals surface area contributed by atoms with E-state index in [9.17, 15) is 63.1 Å². The van der Waals surface area contributed by atoms with Crippen LogP contribution in [0.1, 0.15) is 87.5 Å². The Morgan fingerprint density at radius 3 is 0.964 bits per heavy atom. The minimum atomic E-state index is -4.66. The van der Waals surface area contributed by atoms with Crippen LogP contribution in [-0.4, -0.2) is 116 Å². The molecule has 14 heterocycles. The van der Waals surface area contributed by atoms with Gasteiger partial charge in [0.25, 0.3) is 35.5 Å². The van der Waals surface area contributed by atoms with Crippen LogP contribution in [0, 0.1) is 46.5 Å². The molecule has 700 valence electrons. The summed E-state index contributed by atoms with van der Waals surface area (Å²) in [5, 5.41) is 15.6. The van der Waals surface area contributed by atoms with Crippen LogP contribution in [0.3, 0.4) is 0 Å². The maximum Gasteiger partial charge on any atom is 0.419 e. The average molecular weight is 1910 g/mol. The topological polar surface area (TPSA) is 262 Å². The molecule has 4 saturated carbocycles. The number of carbonyl (C=O) groups is 4. The third kappa shape index (κ3) is 14.3. The number of anilines is 8. The lowest BCUT2D eigenvalue weighted by Gasteiger charge is -2.18. The van der Waals surface area contributed by atoms with Gasteiger partial charge in [-0.25, -0.2) is 112 Å². The third-order valence-corrected chi connectivity index (χ3v) is 25.3. The molecule has 0 atom stereocenters. The van der Waals surface area contributed by atoms with E-state index >= 15 is 35.1 Å². The molecule has 8 aliphatic rings. The molecule has 0 N–H and O–H groups in total. The number of hydrogen-bond acceptors (Lipinski definition) is 15. The average Bonchev–Trinajstić information content (AvgIpc) is 1.53. The van der Waals surface area contributed by atoms with Crippen molar-refractivity contribution in [3.05, 3.63) is 283 Å². The fraction of sp³-hybridized carbons (Fsp3) is 0.215. The summed E-state index contributed by atoms with van der Waals surface area (Å²) in [5.41, 5.74) is -3.55. The fourth-order valence-electron chi connectivity index (χ4n) is 17.9. The van der Waals surface area contributed by atoms with Gasteiger partial charge in [0.15, 0.2) is 46.5 Å². The lowest BCUT2D eigenvalue weighted by molar-refractivity contribution is -0.138. The number of halogens is 18. The van der Waals surface area contributed by atoms with E-state index in [0.29, 0.717) is 137 Å². The second kappa shape index (κ2) is 31.2. The molecule has 10 aromatic heterocycles. The maximum atomic E-state index is 15.4. The number of amides is 4. The molecular formula is C93H63F18N23O4. The van der Waals surface area contributed by atoms with E-state index in [1.165, 1.54) is 73.4 Å². The molecule has 6 aromatic carbocycles. The van der Waals surface area contributed by atoms with Gasteiger partial charge in [0, 0.05) is 106 Å². The number of fused-ring (bicyclic) bond motifs is 8. The predicted octanol–water partition coefficient (Wildman–Crippen LogP) is 19.6. The largest absolute Gasteiger partial charge is 0.419 e. The van der Waals surface area contributed by atoms with Crippen LogP contribution in [0.15, 0.2) is 214 Å². The van der Waals surface area contributed by atoms with Crippen molar-refractivity contribution in [3.63, 3.8) is 0 Å². The lowest BCUT2D eigenvalue weighted by Crippen LogP contribution is -2.31. The molecule has 4 spiro atoms. The Kier molecular flexibility index (Phi) is 20.0. The first-order chi connectivity index (χ1) is 65.6. The van der Waals surface area contributed by atoms with Crippen LogP contribution in [0.2, 0.25) is 0 Å². The van der Waals surface area contributed by atoms with Crippen LogP contribution in [0.25, 0.3) is 79.0 Å². The van der Waals surface area contributed by atoms with Gasteiger partial charge in [-0.05, 0) is 122 Å². The molecule has 27 nitrogen and oxygen atoms in total. The molecule has 0 saturated heterocycles. The number of rotatable bonds is 14. The van der Waals surface area contributed by atoms with Crippen LogP contribution in [-0.2, 0) is 79.6 Å². The van der Waals surface area contributed by atoms with Crippen molar-refractivity contribution < 1.29 is 98.2 Å². The molecule has 0 bridgehead atoms. The second-order valence-electron chi connectivity index (χ2n) is 34.3. The number of imidazole rings is 4. The van der Waals surface area contributed by atoms with Gasteiger partial charge in [-0.15, -0.1) is 0 Å². The first-order valence-corrected chi connectivity index (χ1v) is 42.2. The number of carbonyl (C=O) groups excluding carboxylic acids is 4. The summed E-state index contributed by atoms with van der Waals surface area (Å²) in [7, 11) is 3.53. The van der Waals surface area contributed by atoms with Crippen molar-refractivity contribution in [2.75, 3.05) is 19.6 Å². The number of alkyl halides is 10. The number of nitrogens with zero attached hydrogens (tertiary/aromatic N) is 23. The number of hydrogen-bond donors (Lipinski definition) is 0. The van der Waals surface area contributed by atoms with Crippen molar-refractivity contribution in [3.8, 4) is 79.0 Å². The summed E-state index contributed by atoms with van der Waals surface area (Å²) in [5.74, 6) is -16.0. The summed E-state index contributed by atoms with van der Waals surface area (Å²) in [4.78, 5) is 86.8. The lowest BCUT2D eigenvalue weighted by atomic mass is 10.0. The highest BCUT2D eigenvalue weighted by molar-refractivity contribution is 6.13. The Morgan fingerprint density at radius 2 is 0.667 bits per heavy atom. The van der Waals surface area contributed by atoms with Gasteiger partial charge in [-0.3, -0.25) is 51.8 Å². The summed E-state index contributed by atoms with van der Waals surface area (Å²) < 4.78 is 265. The number of benzene rings is 6. The van der Waals surface area contributed by atoms with Gasteiger partial charge in [-0.1, -0.05) is 54.6 Å². The van der Waals surface area contributed by atoms with Gasteiger partial charge in [0.05, 0.1) is 100 Å². The van der Waals surface area contributed by atoms with Gasteiger partial charge < -0.3 is 0 Å². The molecule has 0 radical (unpaired) electrons. The highest BCUT2D eigenvalue weighted by Crippen LogP contribution is 2.61. The molecule has 4 aliphatic heterocycles. The second-order valence-corrected chi connectivity index (χ2v) is 34.3. The summed E-state index contributed by atoms with van der Waals surface area (Å²) in [6.45, 7) is 1.55. The molecule has 4 fully saturated rings. The van der Waals surface area contributed by atoms with Gasteiger partial charge in [-0.2, -0.15) is 46.7 Å². The molecule has 0 unspecified atom stereocenters. The Bertz CT molecular complexity index is 7160. The van der Waals surface area contributed by atoms with E-state index in [1.54, 1.807) is 109 Å². The Morgan fingerprint density at radius 1 is 0.319 bits per heavy atom. The SMILES string of the molecule is Cn1cc(-c2cnc3n2C2(CC2)C(=O)N3c2c(F)cc(-c3ccc(C(C)(F)F)cc3)cc2F)cn1.Cn1ccc(-c2cnc3n2C2(CC2)C(=O)N3c2c(F)cc(-c3ccc(C(C)(F)F)cc3)cc2F)n1.O=C1N(c2c(F)cc(-n3cc(C(F)(F)F)cn3)cc2F)c2ncc(-c3ccccn3)n2C12CC2.O=C1N(c2c(F)cc(-n3cc(C(F)(F)F)cn3)cc2F)c2ncc(-c3ccncn3)n2C12CC2. The van der Waals surface area contributed by atoms with Crippen LogP contribution >= 0.6 is 0 Å². The smallest absolute Gasteiger partial charge is 0.294 e. The monoisotopic (exact) mass is 1910 g/mol. The van der Waals surface area contributed by atoms with Crippen LogP contribution in [0.4, 0.5) is 126 Å². The van der Waals surface area contributed by atoms with E-state index in [1.807, 2.05) is 0 Å².